The molecule has 3 aromatic rings. The van der Waals surface area contributed by atoms with Crippen molar-refractivity contribution in [1.29, 1.82) is 0 Å². The smallest absolute Gasteiger partial charge is 0.280 e. The topological polar surface area (TPSA) is 96.9 Å². The minimum absolute atomic E-state index is 0.0108. The first kappa shape index (κ1) is 21.3. The molecule has 0 N–H and O–H groups in total. The number of sulfonamides is 1. The Morgan fingerprint density at radius 3 is 2.55 bits per heavy atom. The maximum atomic E-state index is 13.6. The van der Waals surface area contributed by atoms with Gasteiger partial charge in [-0.25, -0.2) is 8.42 Å². The predicted molar refractivity (Wildman–Crippen MR) is 119 cm³/mol. The number of imide groups is 1. The fourth-order valence-electron chi connectivity index (χ4n) is 4.28. The van der Waals surface area contributed by atoms with Crippen molar-refractivity contribution in [2.45, 2.75) is 24.4 Å². The van der Waals surface area contributed by atoms with Gasteiger partial charge in [-0.1, -0.05) is 30.3 Å². The molecule has 5 rings (SSSR count). The summed E-state index contributed by atoms with van der Waals surface area (Å²) in [6.07, 6.45) is 2.09. The molecule has 2 aliphatic heterocycles. The number of ether oxygens (including phenoxy) is 1. The van der Waals surface area contributed by atoms with Crippen molar-refractivity contribution in [3.63, 3.8) is 0 Å². The number of amides is 2. The van der Waals surface area contributed by atoms with Crippen molar-refractivity contribution < 1.29 is 22.7 Å². The van der Waals surface area contributed by atoms with Crippen LogP contribution in [0.4, 0.5) is 0 Å². The zero-order chi connectivity index (χ0) is 23.2. The van der Waals surface area contributed by atoms with E-state index < -0.39 is 21.8 Å². The van der Waals surface area contributed by atoms with Crippen molar-refractivity contribution in [3.8, 4) is 5.75 Å². The lowest BCUT2D eigenvalue weighted by atomic mass is 10.0. The molecule has 0 aliphatic carbocycles. The molecular weight excluding hydrogens is 442 g/mol. The number of fused-ring (bicyclic) bond motifs is 2. The molecule has 0 fully saturated rings. The number of carbonyl (C=O) groups is 2. The maximum absolute atomic E-state index is 13.6. The van der Waals surface area contributed by atoms with Crippen molar-refractivity contribution in [2.75, 3.05) is 13.7 Å². The molecule has 2 aliphatic rings. The van der Waals surface area contributed by atoms with Gasteiger partial charge in [0.1, 0.15) is 16.3 Å². The van der Waals surface area contributed by atoms with E-state index in [1.807, 2.05) is 24.3 Å². The van der Waals surface area contributed by atoms with Crippen LogP contribution in [-0.4, -0.2) is 48.1 Å². The number of benzene rings is 2. The van der Waals surface area contributed by atoms with Crippen LogP contribution in [0.25, 0.3) is 0 Å². The molecule has 0 bridgehead atoms. The summed E-state index contributed by atoms with van der Waals surface area (Å²) in [5.74, 6) is -0.735. The van der Waals surface area contributed by atoms with E-state index in [1.54, 1.807) is 24.3 Å². The Morgan fingerprint density at radius 1 is 1.00 bits per heavy atom. The average Bonchev–Trinajstić information content (AvgIpc) is 3.08. The first-order valence-corrected chi connectivity index (χ1v) is 11.9. The summed E-state index contributed by atoms with van der Waals surface area (Å²) in [6, 6.07) is 15.6. The molecular formula is C24H21N3O5S. The highest BCUT2D eigenvalue weighted by atomic mass is 32.2. The minimum Gasteiger partial charge on any atom is -0.495 e. The van der Waals surface area contributed by atoms with Gasteiger partial charge in [-0.05, 0) is 47.4 Å². The van der Waals surface area contributed by atoms with Crippen molar-refractivity contribution in [1.82, 2.24) is 14.2 Å². The molecule has 8 nitrogen and oxygen atoms in total. The van der Waals surface area contributed by atoms with E-state index in [-0.39, 0.29) is 35.0 Å². The highest BCUT2D eigenvalue weighted by molar-refractivity contribution is 7.89. The van der Waals surface area contributed by atoms with Crippen LogP contribution in [-0.2, 0) is 29.5 Å². The fraction of sp³-hybridized carbons (Fsp3) is 0.208. The SMILES string of the molecule is COc1ccc(CN2C(=O)c3cccnc3C2=O)cc1S(=O)(=O)N1CCc2ccccc2C1. The van der Waals surface area contributed by atoms with Crippen LogP contribution in [0.15, 0.2) is 65.7 Å². The van der Waals surface area contributed by atoms with Gasteiger partial charge in [0, 0.05) is 19.3 Å². The summed E-state index contributed by atoms with van der Waals surface area (Å²) in [5, 5.41) is 0. The van der Waals surface area contributed by atoms with E-state index in [9.17, 15) is 18.0 Å². The Kier molecular flexibility index (Phi) is 5.22. The second-order valence-corrected chi connectivity index (χ2v) is 9.84. The van der Waals surface area contributed by atoms with Gasteiger partial charge in [0.2, 0.25) is 10.0 Å². The van der Waals surface area contributed by atoms with Gasteiger partial charge in [0.15, 0.2) is 0 Å². The Bertz CT molecular complexity index is 1350. The second kappa shape index (κ2) is 8.09. The quantitative estimate of drug-likeness (QED) is 0.540. The third kappa shape index (κ3) is 3.59. The van der Waals surface area contributed by atoms with E-state index in [0.29, 0.717) is 18.5 Å². The monoisotopic (exact) mass is 463 g/mol. The number of carbonyl (C=O) groups excluding carboxylic acids is 2. The Hall–Kier alpha value is -3.56. The maximum Gasteiger partial charge on any atom is 0.280 e. The summed E-state index contributed by atoms with van der Waals surface area (Å²) in [4.78, 5) is 30.5. The van der Waals surface area contributed by atoms with Gasteiger partial charge in [-0.15, -0.1) is 0 Å². The van der Waals surface area contributed by atoms with E-state index in [0.717, 1.165) is 16.0 Å². The normalized spacial score (nSPS) is 16.0. The highest BCUT2D eigenvalue weighted by Crippen LogP contribution is 2.32. The first-order valence-electron chi connectivity index (χ1n) is 10.4. The third-order valence-corrected chi connectivity index (χ3v) is 7.88. The van der Waals surface area contributed by atoms with Gasteiger partial charge in [-0.2, -0.15) is 4.31 Å². The van der Waals surface area contributed by atoms with Gasteiger partial charge in [0.25, 0.3) is 11.8 Å². The summed E-state index contributed by atoms with van der Waals surface area (Å²) in [6.45, 7) is 0.566. The third-order valence-electron chi connectivity index (χ3n) is 6.01. The van der Waals surface area contributed by atoms with Gasteiger partial charge in [-0.3, -0.25) is 19.5 Å². The molecule has 0 spiro atoms. The Morgan fingerprint density at radius 2 is 1.79 bits per heavy atom. The summed E-state index contributed by atoms with van der Waals surface area (Å²) in [5.41, 5.74) is 2.97. The standard InChI is InChI=1S/C24H21N3O5S/c1-32-20-9-8-16(14-27-23(28)19-7-4-11-25-22(19)24(27)29)13-21(20)33(30,31)26-12-10-17-5-2-3-6-18(17)15-26/h2-9,11,13H,10,12,14-15H2,1H3. The average molecular weight is 464 g/mol. The van der Waals surface area contributed by atoms with E-state index in [1.165, 1.54) is 23.7 Å². The van der Waals surface area contributed by atoms with E-state index in [2.05, 4.69) is 4.98 Å². The first-order chi connectivity index (χ1) is 15.9. The second-order valence-electron chi connectivity index (χ2n) is 7.94. The summed E-state index contributed by atoms with van der Waals surface area (Å²) in [7, 11) is -2.46. The van der Waals surface area contributed by atoms with Crippen molar-refractivity contribution >= 4 is 21.8 Å². The lowest BCUT2D eigenvalue weighted by molar-refractivity contribution is 0.0640. The van der Waals surface area contributed by atoms with Crippen LogP contribution >= 0.6 is 0 Å². The molecule has 0 saturated carbocycles. The molecule has 3 heterocycles. The molecule has 0 unspecified atom stereocenters. The van der Waals surface area contributed by atoms with Gasteiger partial charge >= 0.3 is 0 Å². The lowest BCUT2D eigenvalue weighted by Crippen LogP contribution is -2.36. The minimum atomic E-state index is -3.88. The number of pyridine rings is 1. The largest absolute Gasteiger partial charge is 0.495 e. The number of nitrogens with zero attached hydrogens (tertiary/aromatic N) is 3. The molecule has 0 atom stereocenters. The van der Waals surface area contributed by atoms with E-state index in [4.69, 9.17) is 4.74 Å². The van der Waals surface area contributed by atoms with Gasteiger partial charge in [0.05, 0.1) is 19.2 Å². The molecule has 0 saturated heterocycles. The van der Waals surface area contributed by atoms with Crippen LogP contribution < -0.4 is 4.74 Å². The molecule has 168 valence electrons. The molecule has 1 aromatic heterocycles. The Labute approximate surface area is 191 Å². The van der Waals surface area contributed by atoms with Crippen molar-refractivity contribution in [2.24, 2.45) is 0 Å². The molecule has 0 radical (unpaired) electrons. The summed E-state index contributed by atoms with van der Waals surface area (Å²) < 4.78 is 33.9. The van der Waals surface area contributed by atoms with Crippen LogP contribution in [0, 0.1) is 0 Å². The highest BCUT2D eigenvalue weighted by Gasteiger charge is 2.37. The molecule has 9 heteroatoms. The lowest BCUT2D eigenvalue weighted by Gasteiger charge is -2.28. The number of methoxy groups -OCH3 is 1. The molecule has 2 aromatic carbocycles. The zero-order valence-corrected chi connectivity index (χ0v) is 18.7. The molecule has 2 amide bonds. The van der Waals surface area contributed by atoms with E-state index >= 15 is 0 Å². The van der Waals surface area contributed by atoms with Crippen LogP contribution in [0.2, 0.25) is 0 Å². The van der Waals surface area contributed by atoms with Crippen LogP contribution in [0.1, 0.15) is 37.5 Å². The number of aromatic nitrogens is 1. The zero-order valence-electron chi connectivity index (χ0n) is 17.9. The number of rotatable bonds is 5. The van der Waals surface area contributed by atoms with Crippen molar-refractivity contribution in [3.05, 3.63) is 88.7 Å². The summed E-state index contributed by atoms with van der Waals surface area (Å²) >= 11 is 0. The predicted octanol–water partition coefficient (Wildman–Crippen LogP) is 2.63. The van der Waals surface area contributed by atoms with Gasteiger partial charge < -0.3 is 4.74 Å². The van der Waals surface area contributed by atoms with Crippen LogP contribution in [0.3, 0.4) is 0 Å². The van der Waals surface area contributed by atoms with Crippen LogP contribution in [0.5, 0.6) is 5.75 Å². The Balaban J connectivity index is 1.46. The molecule has 33 heavy (non-hydrogen) atoms. The fourth-order valence-corrected chi connectivity index (χ4v) is 5.90. The number of hydrogen-bond acceptors (Lipinski definition) is 6. The number of hydrogen-bond donors (Lipinski definition) is 0.